The summed E-state index contributed by atoms with van der Waals surface area (Å²) in [6, 6.07) is 17.1. The Morgan fingerprint density at radius 1 is 1.03 bits per heavy atom. The minimum atomic E-state index is -0.459. The highest BCUT2D eigenvalue weighted by atomic mass is 16.6. The predicted octanol–water partition coefficient (Wildman–Crippen LogP) is 3.38. The SMILES string of the molecule is CCOC(=O)/C=C/Oc1ccc(C2=C(COC(=O)N(C)Cc3ccccc3)N(C)N(C)N2)cc1. The molecule has 1 aliphatic rings. The van der Waals surface area contributed by atoms with Gasteiger partial charge in [-0.05, 0) is 36.8 Å². The van der Waals surface area contributed by atoms with E-state index in [1.54, 1.807) is 31.2 Å². The number of nitrogens with one attached hydrogen (secondary N) is 1. The number of rotatable bonds is 9. The van der Waals surface area contributed by atoms with Crippen molar-refractivity contribution in [3.8, 4) is 5.75 Å². The lowest BCUT2D eigenvalue weighted by Crippen LogP contribution is -2.38. The molecular formula is C25H30N4O5. The first kappa shape index (κ1) is 24.7. The molecule has 0 fully saturated rings. The molecule has 0 unspecified atom stereocenters. The molecule has 0 radical (unpaired) electrons. The molecule has 2 aromatic rings. The van der Waals surface area contributed by atoms with Gasteiger partial charge >= 0.3 is 12.1 Å². The third kappa shape index (κ3) is 6.52. The molecule has 9 nitrogen and oxygen atoms in total. The molecule has 34 heavy (non-hydrogen) atoms. The second-order valence-corrected chi connectivity index (χ2v) is 7.57. The van der Waals surface area contributed by atoms with Crippen LogP contribution in [0.5, 0.6) is 5.75 Å². The number of nitrogens with zero attached hydrogens (tertiary/aromatic N) is 3. The maximum absolute atomic E-state index is 12.5. The van der Waals surface area contributed by atoms with Crippen LogP contribution in [0.25, 0.3) is 5.70 Å². The first-order chi connectivity index (χ1) is 16.4. The van der Waals surface area contributed by atoms with Crippen molar-refractivity contribution in [3.05, 3.63) is 83.8 Å². The number of carbonyl (C=O) groups is 2. The van der Waals surface area contributed by atoms with Gasteiger partial charge in [0.05, 0.1) is 30.3 Å². The second kappa shape index (κ2) is 11.8. The number of hydrazine groups is 2. The number of carbonyl (C=O) groups excluding carboxylic acids is 2. The maximum Gasteiger partial charge on any atom is 0.410 e. The third-order valence-electron chi connectivity index (χ3n) is 5.15. The molecular weight excluding hydrogens is 436 g/mol. The highest BCUT2D eigenvalue weighted by Crippen LogP contribution is 2.26. The van der Waals surface area contributed by atoms with E-state index in [1.807, 2.05) is 61.6 Å². The number of benzene rings is 2. The van der Waals surface area contributed by atoms with E-state index >= 15 is 0 Å². The summed E-state index contributed by atoms with van der Waals surface area (Å²) >= 11 is 0. The fourth-order valence-corrected chi connectivity index (χ4v) is 3.26. The summed E-state index contributed by atoms with van der Waals surface area (Å²) in [6.07, 6.45) is 2.11. The molecule has 0 saturated heterocycles. The van der Waals surface area contributed by atoms with Crippen LogP contribution in [-0.4, -0.2) is 61.4 Å². The zero-order chi connectivity index (χ0) is 24.5. The average Bonchev–Trinajstić information content (AvgIpc) is 3.12. The van der Waals surface area contributed by atoms with E-state index in [-0.39, 0.29) is 6.61 Å². The Hall–Kier alpha value is -3.98. The molecule has 1 amide bonds. The Bertz CT molecular complexity index is 1040. The number of likely N-dealkylation sites (N-methyl/N-ethyl adjacent to an activating group) is 1. The van der Waals surface area contributed by atoms with E-state index in [1.165, 1.54) is 17.2 Å². The number of hydrogen-bond acceptors (Lipinski definition) is 8. The predicted molar refractivity (Wildman–Crippen MR) is 128 cm³/mol. The zero-order valence-corrected chi connectivity index (χ0v) is 19.9. The van der Waals surface area contributed by atoms with Crippen molar-refractivity contribution in [1.82, 2.24) is 20.5 Å². The lowest BCUT2D eigenvalue weighted by Gasteiger charge is -2.24. The van der Waals surface area contributed by atoms with Crippen LogP contribution in [0.1, 0.15) is 18.1 Å². The first-order valence-corrected chi connectivity index (χ1v) is 10.9. The van der Waals surface area contributed by atoms with Crippen molar-refractivity contribution in [2.24, 2.45) is 0 Å². The quantitative estimate of drug-likeness (QED) is 0.342. The van der Waals surface area contributed by atoms with Gasteiger partial charge in [-0.1, -0.05) is 30.3 Å². The van der Waals surface area contributed by atoms with Gasteiger partial charge in [0.2, 0.25) is 0 Å². The number of ether oxygens (including phenoxy) is 3. The lowest BCUT2D eigenvalue weighted by molar-refractivity contribution is -0.137. The van der Waals surface area contributed by atoms with Gasteiger partial charge in [-0.15, -0.1) is 5.12 Å². The van der Waals surface area contributed by atoms with Crippen molar-refractivity contribution in [3.63, 3.8) is 0 Å². The Labute approximate surface area is 199 Å². The Balaban J connectivity index is 1.64. The fourth-order valence-electron chi connectivity index (χ4n) is 3.26. The summed E-state index contributed by atoms with van der Waals surface area (Å²) in [5, 5.41) is 3.69. The smallest absolute Gasteiger partial charge is 0.410 e. The molecule has 0 atom stereocenters. The average molecular weight is 467 g/mol. The van der Waals surface area contributed by atoms with E-state index in [0.717, 1.165) is 22.5 Å². The topological polar surface area (TPSA) is 83.6 Å². The molecule has 2 aromatic carbocycles. The second-order valence-electron chi connectivity index (χ2n) is 7.57. The molecule has 0 bridgehead atoms. The summed E-state index contributed by atoms with van der Waals surface area (Å²) in [7, 11) is 5.46. The van der Waals surface area contributed by atoms with Crippen LogP contribution >= 0.6 is 0 Å². The van der Waals surface area contributed by atoms with Crippen molar-refractivity contribution >= 4 is 17.8 Å². The molecule has 180 valence electrons. The van der Waals surface area contributed by atoms with Gasteiger partial charge in [-0.3, -0.25) is 10.4 Å². The van der Waals surface area contributed by atoms with Crippen LogP contribution in [0, 0.1) is 0 Å². The van der Waals surface area contributed by atoms with Crippen LogP contribution in [0.15, 0.2) is 72.6 Å². The largest absolute Gasteiger partial charge is 0.465 e. The number of hydrogen-bond donors (Lipinski definition) is 1. The molecule has 1 N–H and O–H groups in total. The molecule has 0 saturated carbocycles. The van der Waals surface area contributed by atoms with Crippen molar-refractivity contribution in [1.29, 1.82) is 0 Å². The maximum atomic E-state index is 12.5. The first-order valence-electron chi connectivity index (χ1n) is 10.9. The fraction of sp³-hybridized carbons (Fsp3) is 0.280. The van der Waals surface area contributed by atoms with E-state index in [9.17, 15) is 9.59 Å². The van der Waals surface area contributed by atoms with E-state index in [2.05, 4.69) is 5.43 Å². The summed E-state index contributed by atoms with van der Waals surface area (Å²) < 4.78 is 15.9. The highest BCUT2D eigenvalue weighted by molar-refractivity contribution is 5.81. The Kier molecular flexibility index (Phi) is 8.53. The van der Waals surface area contributed by atoms with Gasteiger partial charge in [-0.25, -0.2) is 9.59 Å². The van der Waals surface area contributed by atoms with Crippen LogP contribution < -0.4 is 10.2 Å². The minimum absolute atomic E-state index is 0.0989. The van der Waals surface area contributed by atoms with E-state index in [4.69, 9.17) is 14.2 Å². The van der Waals surface area contributed by atoms with E-state index in [0.29, 0.717) is 18.9 Å². The monoisotopic (exact) mass is 466 g/mol. The van der Waals surface area contributed by atoms with E-state index < -0.39 is 12.1 Å². The van der Waals surface area contributed by atoms with Gasteiger partial charge in [0.1, 0.15) is 12.4 Å². The Morgan fingerprint density at radius 3 is 2.41 bits per heavy atom. The van der Waals surface area contributed by atoms with Crippen molar-refractivity contribution in [2.75, 3.05) is 34.4 Å². The van der Waals surface area contributed by atoms with Gasteiger partial charge in [0.25, 0.3) is 0 Å². The van der Waals surface area contributed by atoms with Crippen LogP contribution in [0.4, 0.5) is 4.79 Å². The van der Waals surface area contributed by atoms with Crippen molar-refractivity contribution < 1.29 is 23.8 Å². The molecule has 3 rings (SSSR count). The Morgan fingerprint density at radius 2 is 1.74 bits per heavy atom. The van der Waals surface area contributed by atoms with Crippen LogP contribution in [0.3, 0.4) is 0 Å². The van der Waals surface area contributed by atoms with Crippen LogP contribution in [-0.2, 0) is 20.8 Å². The molecule has 0 spiro atoms. The van der Waals surface area contributed by atoms with Crippen LogP contribution in [0.2, 0.25) is 0 Å². The molecule has 1 heterocycles. The molecule has 0 aromatic heterocycles. The minimum Gasteiger partial charge on any atom is -0.465 e. The normalized spacial score (nSPS) is 13.7. The molecule has 9 heteroatoms. The zero-order valence-electron chi connectivity index (χ0n) is 19.9. The highest BCUT2D eigenvalue weighted by Gasteiger charge is 2.26. The van der Waals surface area contributed by atoms with Gasteiger partial charge in [-0.2, -0.15) is 0 Å². The number of amides is 1. The number of esters is 1. The summed E-state index contributed by atoms with van der Waals surface area (Å²) in [6.45, 7) is 2.61. The van der Waals surface area contributed by atoms with Crippen molar-refractivity contribution in [2.45, 2.75) is 13.5 Å². The molecule has 1 aliphatic heterocycles. The van der Waals surface area contributed by atoms with Gasteiger partial charge in [0.15, 0.2) is 0 Å². The standard InChI is InChI=1S/C25H30N4O5/c1-5-32-23(30)15-16-33-21-13-11-20(12-14-21)24-22(28(3)29(4)26-24)18-34-25(31)27(2)17-19-9-7-6-8-10-19/h6-16,26H,5,17-18H2,1-4H3/b16-15+. The molecule has 0 aliphatic carbocycles. The third-order valence-corrected chi connectivity index (χ3v) is 5.15. The summed E-state index contributed by atoms with van der Waals surface area (Å²) in [4.78, 5) is 25.4. The van der Waals surface area contributed by atoms with Gasteiger partial charge in [0, 0.05) is 33.3 Å². The lowest BCUT2D eigenvalue weighted by atomic mass is 10.1. The summed E-state index contributed by atoms with van der Waals surface area (Å²) in [5.74, 6) is 0.110. The summed E-state index contributed by atoms with van der Waals surface area (Å²) in [5.41, 5.74) is 6.81. The van der Waals surface area contributed by atoms with Gasteiger partial charge < -0.3 is 19.1 Å².